The molecule has 3 aliphatic heterocycles. The van der Waals surface area contributed by atoms with E-state index in [4.69, 9.17) is 14.0 Å². The number of rotatable bonds is 4. The quantitative estimate of drug-likeness (QED) is 0.861. The molecular formula is C19H22N2O3. The van der Waals surface area contributed by atoms with Crippen molar-refractivity contribution < 1.29 is 14.0 Å². The van der Waals surface area contributed by atoms with Crippen LogP contribution in [0, 0.1) is 5.92 Å². The molecular weight excluding hydrogens is 304 g/mol. The molecule has 5 heteroatoms. The molecule has 0 spiro atoms. The summed E-state index contributed by atoms with van der Waals surface area (Å²) in [5.41, 5.74) is 3.24. The molecule has 0 aliphatic carbocycles. The Balaban J connectivity index is 1.59. The Morgan fingerprint density at radius 2 is 1.92 bits per heavy atom. The molecule has 126 valence electrons. The molecule has 5 nitrogen and oxygen atoms in total. The van der Waals surface area contributed by atoms with Gasteiger partial charge < -0.3 is 14.0 Å². The Kier molecular flexibility index (Phi) is 4.02. The highest BCUT2D eigenvalue weighted by molar-refractivity contribution is 5.66. The third-order valence-corrected chi connectivity index (χ3v) is 5.05. The molecule has 1 aromatic heterocycles. The summed E-state index contributed by atoms with van der Waals surface area (Å²) in [7, 11) is 3.26. The molecule has 24 heavy (non-hydrogen) atoms. The maximum atomic E-state index is 5.54. The van der Waals surface area contributed by atoms with Crippen molar-refractivity contribution in [1.29, 1.82) is 0 Å². The molecule has 0 saturated carbocycles. The lowest BCUT2D eigenvalue weighted by Crippen LogP contribution is -2.42. The maximum Gasteiger partial charge on any atom is 0.161 e. The number of piperidine rings is 3. The van der Waals surface area contributed by atoms with Crippen LogP contribution >= 0.6 is 0 Å². The number of methoxy groups -OCH3 is 2. The van der Waals surface area contributed by atoms with E-state index in [-0.39, 0.29) is 0 Å². The minimum Gasteiger partial charge on any atom is -0.493 e. The number of hydrogen-bond acceptors (Lipinski definition) is 5. The van der Waals surface area contributed by atoms with Gasteiger partial charge in [-0.1, -0.05) is 5.16 Å². The highest BCUT2D eigenvalue weighted by Crippen LogP contribution is 2.34. The highest BCUT2D eigenvalue weighted by atomic mass is 16.5. The molecule has 3 saturated heterocycles. The van der Waals surface area contributed by atoms with Crippen molar-refractivity contribution in [2.24, 2.45) is 5.92 Å². The second kappa shape index (κ2) is 6.32. The number of benzene rings is 1. The van der Waals surface area contributed by atoms with Crippen molar-refractivity contribution in [3.63, 3.8) is 0 Å². The van der Waals surface area contributed by atoms with Crippen molar-refractivity contribution in [1.82, 2.24) is 10.1 Å². The third-order valence-electron chi connectivity index (χ3n) is 5.05. The summed E-state index contributed by atoms with van der Waals surface area (Å²) in [6.45, 7) is 3.53. The largest absolute Gasteiger partial charge is 0.493 e. The first-order chi connectivity index (χ1) is 11.8. The van der Waals surface area contributed by atoms with Crippen LogP contribution in [0.25, 0.3) is 17.3 Å². The Morgan fingerprint density at radius 3 is 2.58 bits per heavy atom. The van der Waals surface area contributed by atoms with E-state index in [9.17, 15) is 0 Å². The summed E-state index contributed by atoms with van der Waals surface area (Å²) < 4.78 is 16.2. The zero-order valence-corrected chi connectivity index (χ0v) is 14.1. The number of ether oxygens (including phenoxy) is 2. The van der Waals surface area contributed by atoms with E-state index in [0.29, 0.717) is 17.4 Å². The van der Waals surface area contributed by atoms with Crippen molar-refractivity contribution >= 4 is 6.08 Å². The van der Waals surface area contributed by atoms with Crippen LogP contribution in [0.3, 0.4) is 0 Å². The molecule has 3 fully saturated rings. The summed E-state index contributed by atoms with van der Waals surface area (Å²) in [6, 6.07) is 7.76. The Hall–Kier alpha value is -2.27. The molecule has 2 aromatic rings. The van der Waals surface area contributed by atoms with Gasteiger partial charge in [-0.15, -0.1) is 0 Å². The lowest BCUT2D eigenvalue weighted by Gasteiger charge is -2.40. The van der Waals surface area contributed by atoms with Crippen molar-refractivity contribution in [2.75, 3.05) is 33.9 Å². The molecule has 4 heterocycles. The van der Waals surface area contributed by atoms with Crippen LogP contribution in [0.1, 0.15) is 18.6 Å². The van der Waals surface area contributed by atoms with Crippen molar-refractivity contribution in [3.05, 3.63) is 35.6 Å². The lowest BCUT2D eigenvalue weighted by molar-refractivity contribution is 0.163. The fourth-order valence-electron chi connectivity index (χ4n) is 3.68. The van der Waals surface area contributed by atoms with Gasteiger partial charge in [0.2, 0.25) is 0 Å². The minimum atomic E-state index is 0.690. The van der Waals surface area contributed by atoms with Gasteiger partial charge in [0.1, 0.15) is 5.69 Å². The van der Waals surface area contributed by atoms with Crippen molar-refractivity contribution in [2.45, 2.75) is 12.8 Å². The SMILES string of the molecule is COc1ccc(-c2cc(C=C3CN4CCC3CC4)on2)cc1OC. The van der Waals surface area contributed by atoms with E-state index < -0.39 is 0 Å². The van der Waals surface area contributed by atoms with Crippen LogP contribution in [0.15, 0.2) is 34.4 Å². The molecule has 5 rings (SSSR count). The highest BCUT2D eigenvalue weighted by Gasteiger charge is 2.29. The molecule has 0 unspecified atom stereocenters. The van der Waals surface area contributed by atoms with Gasteiger partial charge in [0, 0.05) is 18.2 Å². The van der Waals surface area contributed by atoms with Gasteiger partial charge in [-0.3, -0.25) is 4.90 Å². The van der Waals surface area contributed by atoms with Gasteiger partial charge >= 0.3 is 0 Å². The van der Waals surface area contributed by atoms with E-state index in [1.54, 1.807) is 14.2 Å². The van der Waals surface area contributed by atoms with Crippen molar-refractivity contribution in [3.8, 4) is 22.8 Å². The number of nitrogens with zero attached hydrogens (tertiary/aromatic N) is 2. The van der Waals surface area contributed by atoms with E-state index in [1.165, 1.54) is 31.5 Å². The van der Waals surface area contributed by atoms with E-state index in [2.05, 4.69) is 16.1 Å². The monoisotopic (exact) mass is 326 g/mol. The van der Waals surface area contributed by atoms with Crippen LogP contribution in [-0.4, -0.2) is 43.9 Å². The number of fused-ring (bicyclic) bond motifs is 3. The van der Waals surface area contributed by atoms with Crippen LogP contribution in [0.2, 0.25) is 0 Å². The van der Waals surface area contributed by atoms with Gasteiger partial charge in [0.25, 0.3) is 0 Å². The zero-order chi connectivity index (χ0) is 16.5. The molecule has 0 N–H and O–H groups in total. The Bertz CT molecular complexity index is 758. The summed E-state index contributed by atoms with van der Waals surface area (Å²) in [5, 5.41) is 4.22. The summed E-state index contributed by atoms with van der Waals surface area (Å²) in [5.74, 6) is 2.93. The minimum absolute atomic E-state index is 0.690. The Morgan fingerprint density at radius 1 is 1.12 bits per heavy atom. The predicted molar refractivity (Wildman–Crippen MR) is 92.2 cm³/mol. The summed E-state index contributed by atoms with van der Waals surface area (Å²) >= 11 is 0. The topological polar surface area (TPSA) is 47.7 Å². The summed E-state index contributed by atoms with van der Waals surface area (Å²) in [4.78, 5) is 2.51. The smallest absolute Gasteiger partial charge is 0.161 e. The lowest BCUT2D eigenvalue weighted by atomic mass is 9.83. The first-order valence-corrected chi connectivity index (χ1v) is 8.39. The normalized spacial score (nSPS) is 24.3. The van der Waals surface area contributed by atoms with Gasteiger partial charge in [0.05, 0.1) is 14.2 Å². The average molecular weight is 326 g/mol. The number of aromatic nitrogens is 1. The molecule has 1 aromatic carbocycles. The van der Waals surface area contributed by atoms with Crippen LogP contribution in [-0.2, 0) is 0 Å². The number of hydrogen-bond donors (Lipinski definition) is 0. The third kappa shape index (κ3) is 2.80. The van der Waals surface area contributed by atoms with E-state index >= 15 is 0 Å². The van der Waals surface area contributed by atoms with Crippen LogP contribution in [0.5, 0.6) is 11.5 Å². The first kappa shape index (κ1) is 15.3. The molecule has 0 radical (unpaired) electrons. The second-order valence-corrected chi connectivity index (χ2v) is 6.45. The summed E-state index contributed by atoms with van der Waals surface area (Å²) in [6.07, 6.45) is 4.71. The molecule has 0 amide bonds. The molecule has 0 atom stereocenters. The van der Waals surface area contributed by atoms with Gasteiger partial charge in [-0.25, -0.2) is 0 Å². The molecule has 3 aliphatic rings. The van der Waals surface area contributed by atoms with E-state index in [1.807, 2.05) is 24.3 Å². The van der Waals surface area contributed by atoms with Gasteiger partial charge in [-0.2, -0.15) is 0 Å². The first-order valence-electron chi connectivity index (χ1n) is 8.39. The fraction of sp³-hybridized carbons (Fsp3) is 0.421. The zero-order valence-electron chi connectivity index (χ0n) is 14.1. The van der Waals surface area contributed by atoms with E-state index in [0.717, 1.165) is 23.6 Å². The van der Waals surface area contributed by atoms with Crippen LogP contribution in [0.4, 0.5) is 0 Å². The average Bonchev–Trinajstić information content (AvgIpc) is 3.10. The molecule has 2 bridgehead atoms. The standard InChI is InChI=1S/C19H22N2O3/c1-22-18-4-3-14(10-19(18)23-2)17-11-16(24-20-17)9-15-12-21-7-5-13(15)6-8-21/h3-4,9-11,13H,5-8,12H2,1-2H3. The Labute approximate surface area is 141 Å². The van der Waals surface area contributed by atoms with Gasteiger partial charge in [0.15, 0.2) is 17.3 Å². The predicted octanol–water partition coefficient (Wildman–Crippen LogP) is 3.47. The van der Waals surface area contributed by atoms with Gasteiger partial charge in [-0.05, 0) is 61.7 Å². The second-order valence-electron chi connectivity index (χ2n) is 6.45. The van der Waals surface area contributed by atoms with Crippen LogP contribution < -0.4 is 9.47 Å². The maximum absolute atomic E-state index is 5.54. The fourth-order valence-corrected chi connectivity index (χ4v) is 3.68.